The van der Waals surface area contributed by atoms with Gasteiger partial charge in [-0.2, -0.15) is 0 Å². The van der Waals surface area contributed by atoms with Crippen LogP contribution in [0.2, 0.25) is 0 Å². The molecule has 0 unspecified atom stereocenters. The van der Waals surface area contributed by atoms with Gasteiger partial charge in [-0.05, 0) is 0 Å². The van der Waals surface area contributed by atoms with Gasteiger partial charge in [0.15, 0.2) is 0 Å². The minimum absolute atomic E-state index is 0.363. The van der Waals surface area contributed by atoms with E-state index in [1.54, 1.807) is 0 Å². The smallest absolute Gasteiger partial charge is 0.416 e. The maximum atomic E-state index is 10.5. The third-order valence-corrected chi connectivity index (χ3v) is 0.936. The number of amides is 2. The van der Waals surface area contributed by atoms with Crippen LogP contribution in [0.15, 0.2) is 0 Å². The highest BCUT2D eigenvalue weighted by atomic mass is 16.5. The predicted molar refractivity (Wildman–Crippen MR) is 32.8 cm³/mol. The molecule has 0 fully saturated rings. The number of hydrogen-bond acceptors (Lipinski definition) is 4. The highest BCUT2D eigenvalue weighted by Crippen LogP contribution is 1.88. The summed E-state index contributed by atoms with van der Waals surface area (Å²) in [4.78, 5) is 31.3. The van der Waals surface area contributed by atoms with Gasteiger partial charge in [-0.15, -0.1) is 0 Å². The molecule has 0 radical (unpaired) electrons. The molecule has 0 aromatic carbocycles. The fraction of sp³-hybridized carbons (Fsp3) is 0.400. The van der Waals surface area contributed by atoms with Crippen LogP contribution in [0.25, 0.3) is 0 Å². The monoisotopic (exact) mass is 161 g/mol. The lowest BCUT2D eigenvalue weighted by Gasteiger charge is -2.09. The number of nitrogens with zero attached hydrogens (tertiary/aromatic N) is 1. The topological polar surface area (TPSA) is 83.9 Å². The summed E-state index contributed by atoms with van der Waals surface area (Å²) < 4.78 is 4.09. The van der Waals surface area contributed by atoms with E-state index in [1.807, 2.05) is 0 Å². The van der Waals surface area contributed by atoms with E-state index in [0.717, 1.165) is 14.2 Å². The molecule has 1 N–H and O–H groups in total. The molecule has 0 aliphatic carbocycles. The van der Waals surface area contributed by atoms with Crippen LogP contribution in [0.3, 0.4) is 0 Å². The predicted octanol–water partition coefficient (Wildman–Crippen LogP) is -0.704. The number of likely N-dealkylation sites (N-methyl/N-ethyl adjacent to an activating group) is 1. The van der Waals surface area contributed by atoms with Crippen LogP contribution in [-0.4, -0.2) is 42.1 Å². The lowest BCUT2D eigenvalue weighted by molar-refractivity contribution is -0.154. The van der Waals surface area contributed by atoms with E-state index >= 15 is 0 Å². The number of carbonyl (C=O) groups is 3. The fourth-order valence-corrected chi connectivity index (χ4v) is 0.363. The number of methoxy groups -OCH3 is 1. The molecule has 2 amide bonds. The summed E-state index contributed by atoms with van der Waals surface area (Å²) in [5.41, 5.74) is 0. The summed E-state index contributed by atoms with van der Waals surface area (Å²) in [6.07, 6.45) is -1.00. The molecule has 0 heterocycles. The maximum absolute atomic E-state index is 10.5. The minimum Gasteiger partial charge on any atom is -0.474 e. The average Bonchev–Trinajstić information content (AvgIpc) is 2.00. The molecule has 6 heteroatoms. The molecule has 0 aromatic rings. The standard InChI is InChI=1S/C5H7NO5/c1-6(5(10)11-2)3(7)4(8)9/h1-2H3,(H,8,9). The molecule has 11 heavy (non-hydrogen) atoms. The number of aliphatic carboxylic acids is 1. The van der Waals surface area contributed by atoms with Crippen molar-refractivity contribution in [2.24, 2.45) is 0 Å². The van der Waals surface area contributed by atoms with E-state index in [-0.39, 0.29) is 0 Å². The molecular formula is C5H7NO5. The van der Waals surface area contributed by atoms with Gasteiger partial charge in [0, 0.05) is 7.05 Å². The Morgan fingerprint density at radius 1 is 1.36 bits per heavy atom. The van der Waals surface area contributed by atoms with Crippen molar-refractivity contribution in [1.82, 2.24) is 4.90 Å². The fourth-order valence-electron chi connectivity index (χ4n) is 0.363. The molecule has 6 nitrogen and oxygen atoms in total. The average molecular weight is 161 g/mol. The third kappa shape index (κ3) is 2.24. The van der Waals surface area contributed by atoms with E-state index in [2.05, 4.69) is 4.74 Å². The van der Waals surface area contributed by atoms with Crippen molar-refractivity contribution in [1.29, 1.82) is 0 Å². The Morgan fingerprint density at radius 3 is 2.09 bits per heavy atom. The number of hydrogen-bond donors (Lipinski definition) is 1. The van der Waals surface area contributed by atoms with Gasteiger partial charge in [-0.1, -0.05) is 0 Å². The maximum Gasteiger partial charge on any atom is 0.416 e. The lowest BCUT2D eigenvalue weighted by Crippen LogP contribution is -2.37. The number of imide groups is 1. The van der Waals surface area contributed by atoms with E-state index in [1.165, 1.54) is 0 Å². The number of carboxylic acid groups (broad SMARTS) is 1. The Labute approximate surface area is 62.4 Å². The van der Waals surface area contributed by atoms with Crippen LogP contribution in [0.4, 0.5) is 4.79 Å². The van der Waals surface area contributed by atoms with Gasteiger partial charge in [0.05, 0.1) is 7.11 Å². The Hall–Kier alpha value is -1.59. The first kappa shape index (κ1) is 9.41. The Bertz CT molecular complexity index is 199. The molecule has 0 atom stereocenters. The first-order valence-corrected chi connectivity index (χ1v) is 2.59. The lowest BCUT2D eigenvalue weighted by atomic mass is 10.6. The second-order valence-corrected chi connectivity index (χ2v) is 1.64. The number of rotatable bonds is 0. The number of ether oxygens (including phenoxy) is 1. The largest absolute Gasteiger partial charge is 0.474 e. The molecule has 0 bridgehead atoms. The summed E-state index contributed by atoms with van der Waals surface area (Å²) in [5, 5.41) is 8.10. The van der Waals surface area contributed by atoms with Crippen molar-refractivity contribution >= 4 is 18.0 Å². The number of carboxylic acids is 1. The molecule has 0 saturated heterocycles. The van der Waals surface area contributed by atoms with Gasteiger partial charge in [0.2, 0.25) is 0 Å². The zero-order valence-electron chi connectivity index (χ0n) is 6.03. The summed E-state index contributed by atoms with van der Waals surface area (Å²) in [6.45, 7) is 0. The van der Waals surface area contributed by atoms with Crippen LogP contribution in [0.1, 0.15) is 0 Å². The molecule has 0 spiro atoms. The van der Waals surface area contributed by atoms with E-state index < -0.39 is 18.0 Å². The summed E-state index contributed by atoms with van der Waals surface area (Å²) in [5.74, 6) is -3.02. The summed E-state index contributed by atoms with van der Waals surface area (Å²) >= 11 is 0. The van der Waals surface area contributed by atoms with Crippen LogP contribution in [-0.2, 0) is 14.3 Å². The van der Waals surface area contributed by atoms with E-state index in [0.29, 0.717) is 4.90 Å². The SMILES string of the molecule is COC(=O)N(C)C(=O)C(=O)O. The molecule has 0 aliphatic rings. The summed E-state index contributed by atoms with van der Waals surface area (Å²) in [7, 11) is 2.07. The second kappa shape index (κ2) is 3.55. The van der Waals surface area contributed by atoms with Crippen molar-refractivity contribution in [3.63, 3.8) is 0 Å². The minimum atomic E-state index is -1.70. The second-order valence-electron chi connectivity index (χ2n) is 1.64. The van der Waals surface area contributed by atoms with Gasteiger partial charge >= 0.3 is 18.0 Å². The Balaban J connectivity index is 4.25. The highest BCUT2D eigenvalue weighted by Gasteiger charge is 2.23. The van der Waals surface area contributed by atoms with Crippen LogP contribution in [0, 0.1) is 0 Å². The zero-order valence-corrected chi connectivity index (χ0v) is 6.03. The van der Waals surface area contributed by atoms with Crippen molar-refractivity contribution in [2.75, 3.05) is 14.2 Å². The Kier molecular flexibility index (Phi) is 3.03. The van der Waals surface area contributed by atoms with E-state index in [9.17, 15) is 14.4 Å². The normalized spacial score (nSPS) is 8.55. The van der Waals surface area contributed by atoms with Crippen molar-refractivity contribution in [3.8, 4) is 0 Å². The van der Waals surface area contributed by atoms with Crippen molar-refractivity contribution in [3.05, 3.63) is 0 Å². The molecule has 0 aromatic heterocycles. The van der Waals surface area contributed by atoms with Crippen molar-refractivity contribution < 1.29 is 24.2 Å². The number of carbonyl (C=O) groups excluding carboxylic acids is 2. The summed E-state index contributed by atoms with van der Waals surface area (Å²) in [6, 6.07) is 0. The molecule has 0 aliphatic heterocycles. The van der Waals surface area contributed by atoms with Crippen LogP contribution < -0.4 is 0 Å². The quantitative estimate of drug-likeness (QED) is 0.474. The van der Waals surface area contributed by atoms with Gasteiger partial charge in [0.25, 0.3) is 0 Å². The zero-order chi connectivity index (χ0) is 9.02. The van der Waals surface area contributed by atoms with Gasteiger partial charge in [-0.25, -0.2) is 14.5 Å². The molecule has 62 valence electrons. The first-order chi connectivity index (χ1) is 5.00. The first-order valence-electron chi connectivity index (χ1n) is 2.59. The van der Waals surface area contributed by atoms with Gasteiger partial charge in [-0.3, -0.25) is 4.79 Å². The Morgan fingerprint density at radius 2 is 1.82 bits per heavy atom. The van der Waals surface area contributed by atoms with Crippen LogP contribution in [0.5, 0.6) is 0 Å². The van der Waals surface area contributed by atoms with Crippen LogP contribution >= 0.6 is 0 Å². The van der Waals surface area contributed by atoms with Gasteiger partial charge in [0.1, 0.15) is 0 Å². The molecule has 0 saturated carbocycles. The van der Waals surface area contributed by atoms with Crippen molar-refractivity contribution in [2.45, 2.75) is 0 Å². The van der Waals surface area contributed by atoms with E-state index in [4.69, 9.17) is 5.11 Å². The molecular weight excluding hydrogens is 154 g/mol. The highest BCUT2D eigenvalue weighted by molar-refractivity contribution is 6.33. The molecule has 0 rings (SSSR count). The third-order valence-electron chi connectivity index (χ3n) is 0.936. The van der Waals surface area contributed by atoms with Gasteiger partial charge < -0.3 is 9.84 Å².